The third-order valence-corrected chi connectivity index (χ3v) is 5.26. The highest BCUT2D eigenvalue weighted by molar-refractivity contribution is 5.95. The molecule has 0 aromatic heterocycles. The molecule has 2 aliphatic heterocycles. The number of hydrogen-bond acceptors (Lipinski definition) is 4. The van der Waals surface area contributed by atoms with Crippen molar-refractivity contribution >= 4 is 23.8 Å². The lowest BCUT2D eigenvalue weighted by atomic mass is 9.97. The summed E-state index contributed by atoms with van der Waals surface area (Å²) in [5.74, 6) is -0.924. The maximum absolute atomic E-state index is 12.8. The molecule has 1 N–H and O–H groups in total. The fourth-order valence-electron chi connectivity index (χ4n) is 3.78. The Balaban J connectivity index is 1.66. The van der Waals surface area contributed by atoms with Gasteiger partial charge in [0.15, 0.2) is 0 Å². The van der Waals surface area contributed by atoms with Gasteiger partial charge in [0.2, 0.25) is 0 Å². The lowest BCUT2D eigenvalue weighted by Crippen LogP contribution is -2.54. The summed E-state index contributed by atoms with van der Waals surface area (Å²) in [6.45, 7) is 9.27. The van der Waals surface area contributed by atoms with E-state index in [2.05, 4.69) is 0 Å². The minimum Gasteiger partial charge on any atom is -0.481 e. The Morgan fingerprint density at radius 1 is 1.17 bits per heavy atom. The molecule has 2 heterocycles. The molecule has 0 saturated carbocycles. The minimum absolute atomic E-state index is 0.0647. The molecule has 2 aliphatic rings. The molecule has 29 heavy (non-hydrogen) atoms. The molecule has 2 saturated heterocycles. The summed E-state index contributed by atoms with van der Waals surface area (Å²) in [6.07, 6.45) is -0.280. The first-order valence-corrected chi connectivity index (χ1v) is 9.93. The van der Waals surface area contributed by atoms with Crippen LogP contribution < -0.4 is 4.90 Å². The lowest BCUT2D eigenvalue weighted by Gasteiger charge is -2.36. The number of piperazine rings is 1. The normalized spacial score (nSPS) is 20.5. The molecule has 2 atom stereocenters. The van der Waals surface area contributed by atoms with Gasteiger partial charge in [-0.15, -0.1) is 0 Å². The highest BCUT2D eigenvalue weighted by Gasteiger charge is 2.42. The largest absolute Gasteiger partial charge is 0.481 e. The van der Waals surface area contributed by atoms with Crippen LogP contribution in [0, 0.1) is 0 Å². The zero-order chi connectivity index (χ0) is 21.3. The van der Waals surface area contributed by atoms with Gasteiger partial charge in [-0.1, -0.05) is 19.1 Å². The van der Waals surface area contributed by atoms with E-state index in [0.29, 0.717) is 26.2 Å². The molecule has 8 heteroatoms. The SMILES string of the molecule is CC(CC(=O)O)c1ccc(N2CC3CN(C(=O)OC(C)(C)C)CCN3C2=O)cc1. The zero-order valence-electron chi connectivity index (χ0n) is 17.4. The molecule has 2 fully saturated rings. The topological polar surface area (TPSA) is 90.4 Å². The van der Waals surface area contributed by atoms with Gasteiger partial charge in [0, 0.05) is 31.9 Å². The maximum atomic E-state index is 12.8. The number of fused-ring (bicyclic) bond motifs is 1. The minimum atomic E-state index is -0.831. The first kappa shape index (κ1) is 21.0. The van der Waals surface area contributed by atoms with Crippen LogP contribution in [0.4, 0.5) is 15.3 Å². The number of carbonyl (C=O) groups excluding carboxylic acids is 2. The number of rotatable bonds is 4. The van der Waals surface area contributed by atoms with Gasteiger partial charge in [-0.25, -0.2) is 9.59 Å². The van der Waals surface area contributed by atoms with Crippen molar-refractivity contribution in [3.8, 4) is 0 Å². The number of ether oxygens (including phenoxy) is 1. The number of carboxylic acid groups (broad SMARTS) is 1. The van der Waals surface area contributed by atoms with Crippen molar-refractivity contribution in [2.45, 2.75) is 51.7 Å². The van der Waals surface area contributed by atoms with Crippen LogP contribution in [0.25, 0.3) is 0 Å². The van der Waals surface area contributed by atoms with Gasteiger partial charge in [-0.3, -0.25) is 9.69 Å². The Morgan fingerprint density at radius 2 is 1.83 bits per heavy atom. The Morgan fingerprint density at radius 3 is 2.41 bits per heavy atom. The monoisotopic (exact) mass is 403 g/mol. The molecule has 0 radical (unpaired) electrons. The predicted octanol–water partition coefficient (Wildman–Crippen LogP) is 3.13. The van der Waals surface area contributed by atoms with Crippen molar-refractivity contribution in [1.29, 1.82) is 0 Å². The average molecular weight is 403 g/mol. The van der Waals surface area contributed by atoms with E-state index in [1.165, 1.54) is 0 Å². The summed E-state index contributed by atoms with van der Waals surface area (Å²) in [5, 5.41) is 8.95. The third-order valence-electron chi connectivity index (χ3n) is 5.26. The molecule has 0 aliphatic carbocycles. The summed E-state index contributed by atoms with van der Waals surface area (Å²) in [5.41, 5.74) is 1.15. The Hall–Kier alpha value is -2.77. The highest BCUT2D eigenvalue weighted by Crippen LogP contribution is 2.29. The van der Waals surface area contributed by atoms with Crippen LogP contribution >= 0.6 is 0 Å². The van der Waals surface area contributed by atoms with Crippen LogP contribution in [0.3, 0.4) is 0 Å². The summed E-state index contributed by atoms with van der Waals surface area (Å²) in [7, 11) is 0. The van der Waals surface area contributed by atoms with Crippen molar-refractivity contribution < 1.29 is 24.2 Å². The van der Waals surface area contributed by atoms with Crippen molar-refractivity contribution in [1.82, 2.24) is 9.80 Å². The van der Waals surface area contributed by atoms with Crippen molar-refractivity contribution in [3.05, 3.63) is 29.8 Å². The van der Waals surface area contributed by atoms with Gasteiger partial charge in [0.1, 0.15) is 5.60 Å². The second kappa shape index (κ2) is 7.93. The first-order valence-electron chi connectivity index (χ1n) is 9.93. The molecule has 1 aromatic rings. The van der Waals surface area contributed by atoms with E-state index in [-0.39, 0.29) is 30.5 Å². The number of hydrogen-bond donors (Lipinski definition) is 1. The smallest absolute Gasteiger partial charge is 0.410 e. The molecule has 158 valence electrons. The molecular formula is C21H29N3O5. The number of carboxylic acids is 1. The number of amides is 3. The maximum Gasteiger partial charge on any atom is 0.410 e. The molecule has 0 bridgehead atoms. The molecule has 3 rings (SSSR count). The van der Waals surface area contributed by atoms with E-state index in [1.54, 1.807) is 9.80 Å². The van der Waals surface area contributed by atoms with E-state index in [1.807, 2.05) is 56.9 Å². The van der Waals surface area contributed by atoms with E-state index < -0.39 is 11.6 Å². The highest BCUT2D eigenvalue weighted by atomic mass is 16.6. The second-order valence-corrected chi connectivity index (χ2v) is 8.76. The summed E-state index contributed by atoms with van der Waals surface area (Å²) in [6, 6.07) is 7.33. The van der Waals surface area contributed by atoms with E-state index in [0.717, 1.165) is 11.3 Å². The van der Waals surface area contributed by atoms with Crippen molar-refractivity contribution in [3.63, 3.8) is 0 Å². The number of anilines is 1. The van der Waals surface area contributed by atoms with Crippen LogP contribution in [0.2, 0.25) is 0 Å². The Kier molecular flexibility index (Phi) is 5.73. The third kappa shape index (κ3) is 4.81. The number of urea groups is 1. The summed E-state index contributed by atoms with van der Waals surface area (Å²) < 4.78 is 5.46. The number of benzene rings is 1. The molecule has 1 aromatic carbocycles. The molecule has 3 amide bonds. The van der Waals surface area contributed by atoms with Gasteiger partial charge in [0.25, 0.3) is 0 Å². The predicted molar refractivity (Wildman–Crippen MR) is 108 cm³/mol. The Bertz CT molecular complexity index is 787. The van der Waals surface area contributed by atoms with Crippen LogP contribution in [-0.4, -0.2) is 70.8 Å². The number of carbonyl (C=O) groups is 3. The van der Waals surface area contributed by atoms with Crippen LogP contribution in [0.15, 0.2) is 24.3 Å². The second-order valence-electron chi connectivity index (χ2n) is 8.76. The van der Waals surface area contributed by atoms with E-state index in [9.17, 15) is 14.4 Å². The fraction of sp³-hybridized carbons (Fsp3) is 0.571. The molecule has 8 nitrogen and oxygen atoms in total. The quantitative estimate of drug-likeness (QED) is 0.834. The zero-order valence-corrected chi connectivity index (χ0v) is 17.4. The number of aliphatic carboxylic acids is 1. The van der Waals surface area contributed by atoms with E-state index >= 15 is 0 Å². The molecule has 2 unspecified atom stereocenters. The van der Waals surface area contributed by atoms with Gasteiger partial charge >= 0.3 is 18.1 Å². The van der Waals surface area contributed by atoms with Crippen molar-refractivity contribution in [2.24, 2.45) is 0 Å². The molecular weight excluding hydrogens is 374 g/mol. The summed E-state index contributed by atoms with van der Waals surface area (Å²) in [4.78, 5) is 41.3. The van der Waals surface area contributed by atoms with Crippen LogP contribution in [-0.2, 0) is 9.53 Å². The van der Waals surface area contributed by atoms with Gasteiger partial charge in [-0.2, -0.15) is 0 Å². The standard InChI is InChI=1S/C21H29N3O5/c1-14(11-18(25)26)15-5-7-16(8-6-15)24-13-17-12-22(9-10-23(17)19(24)27)20(28)29-21(2,3)4/h5-8,14,17H,9-13H2,1-4H3,(H,25,26). The lowest BCUT2D eigenvalue weighted by molar-refractivity contribution is -0.137. The van der Waals surface area contributed by atoms with Gasteiger partial charge in [-0.05, 0) is 44.4 Å². The van der Waals surface area contributed by atoms with Crippen molar-refractivity contribution in [2.75, 3.05) is 31.1 Å². The van der Waals surface area contributed by atoms with Gasteiger partial charge < -0.3 is 19.6 Å². The Labute approximate surface area is 171 Å². The number of nitrogens with zero attached hydrogens (tertiary/aromatic N) is 3. The van der Waals surface area contributed by atoms with Crippen LogP contribution in [0.1, 0.15) is 45.6 Å². The van der Waals surface area contributed by atoms with E-state index in [4.69, 9.17) is 9.84 Å². The average Bonchev–Trinajstić information content (AvgIpc) is 2.96. The molecule has 0 spiro atoms. The van der Waals surface area contributed by atoms with Crippen LogP contribution in [0.5, 0.6) is 0 Å². The summed E-state index contributed by atoms with van der Waals surface area (Å²) >= 11 is 0. The first-order chi connectivity index (χ1) is 13.5. The fourth-order valence-corrected chi connectivity index (χ4v) is 3.78. The van der Waals surface area contributed by atoms with Gasteiger partial charge in [0.05, 0.1) is 12.5 Å².